The number of aromatic nitrogens is 3. The number of para-hydroxylation sites is 1. The highest BCUT2D eigenvalue weighted by Gasteiger charge is 2.51. The zero-order valence-corrected chi connectivity index (χ0v) is 26.7. The van der Waals surface area contributed by atoms with Crippen LogP contribution in [0.4, 0.5) is 5.13 Å². The van der Waals surface area contributed by atoms with Gasteiger partial charge in [-0.2, -0.15) is 5.10 Å². The fourth-order valence-electron chi connectivity index (χ4n) is 8.36. The Balaban J connectivity index is 1.09. The molecule has 45 heavy (non-hydrogen) atoms. The Labute approximate surface area is 266 Å². The van der Waals surface area contributed by atoms with Gasteiger partial charge in [0.1, 0.15) is 23.2 Å². The number of amidine groups is 2. The van der Waals surface area contributed by atoms with E-state index in [2.05, 4.69) is 26.9 Å². The minimum atomic E-state index is -0.820. The summed E-state index contributed by atoms with van der Waals surface area (Å²) in [6, 6.07) is 7.81. The number of benzene rings is 1. The lowest BCUT2D eigenvalue weighted by molar-refractivity contribution is -0.0638. The van der Waals surface area contributed by atoms with E-state index in [9.17, 15) is 10.2 Å². The molecule has 2 aromatic heterocycles. The zero-order chi connectivity index (χ0) is 31.5. The average molecular weight is 625 g/mol. The molecule has 1 aromatic carbocycles. The molecule has 0 spiro atoms. The molecule has 0 amide bonds. The van der Waals surface area contributed by atoms with Crippen molar-refractivity contribution in [3.8, 4) is 0 Å². The van der Waals surface area contributed by atoms with Gasteiger partial charge in [-0.25, -0.2) is 9.98 Å². The molecule has 6 N–H and O–H groups in total. The Morgan fingerprint density at radius 1 is 1.18 bits per heavy atom. The van der Waals surface area contributed by atoms with Crippen LogP contribution in [0.25, 0.3) is 15.8 Å². The lowest BCUT2D eigenvalue weighted by atomic mass is 9.49. The molecule has 10 nitrogen and oxygen atoms in total. The van der Waals surface area contributed by atoms with Crippen LogP contribution in [-0.4, -0.2) is 48.6 Å². The van der Waals surface area contributed by atoms with Gasteiger partial charge in [0.25, 0.3) is 5.95 Å². The number of nitrogens with zero attached hydrogens (tertiary/aromatic N) is 5. The Morgan fingerprint density at radius 3 is 2.53 bits per heavy atom. The number of hydrogen-bond donors (Lipinski definition) is 5. The van der Waals surface area contributed by atoms with Crippen LogP contribution in [0.5, 0.6) is 0 Å². The molecule has 1 aliphatic heterocycles. The highest BCUT2D eigenvalue weighted by Crippen LogP contribution is 2.60. The van der Waals surface area contributed by atoms with Crippen molar-refractivity contribution in [3.05, 3.63) is 83.0 Å². The number of likely N-dealkylation sites (N-methyl/N-ethyl adjacent to an activating group) is 1. The Hall–Kier alpha value is -4.38. The predicted octanol–water partition coefficient (Wildman–Crippen LogP) is 6.67. The summed E-state index contributed by atoms with van der Waals surface area (Å²) in [4.78, 5) is 10.6. The molecule has 4 fully saturated rings. The fourth-order valence-corrected chi connectivity index (χ4v) is 9.21. The average Bonchev–Trinajstić information content (AvgIpc) is 3.57. The van der Waals surface area contributed by atoms with E-state index in [-0.39, 0.29) is 17.4 Å². The van der Waals surface area contributed by atoms with Crippen LogP contribution in [0.15, 0.2) is 76.7 Å². The van der Waals surface area contributed by atoms with E-state index in [1.54, 1.807) is 24.9 Å². The molecule has 0 saturated heterocycles. The summed E-state index contributed by atoms with van der Waals surface area (Å²) in [6.45, 7) is 4.78. The maximum absolute atomic E-state index is 10.3. The molecule has 5 aliphatic rings. The lowest BCUT2D eigenvalue weighted by Crippen LogP contribution is -2.48. The van der Waals surface area contributed by atoms with Crippen LogP contribution in [-0.2, 0) is 6.54 Å². The molecule has 3 aromatic rings. The first kappa shape index (κ1) is 29.3. The number of nitrogens with one attached hydrogen (secondary N) is 2. The summed E-state index contributed by atoms with van der Waals surface area (Å²) < 4.78 is 3.16. The second kappa shape index (κ2) is 11.2. The van der Waals surface area contributed by atoms with Crippen molar-refractivity contribution in [3.63, 3.8) is 0 Å². The molecule has 11 heteroatoms. The maximum Gasteiger partial charge on any atom is 0.299 e. The monoisotopic (exact) mass is 624 g/mol. The molecule has 0 unspecified atom stereocenters. The molecule has 4 bridgehead atoms. The topological polar surface area (TPSA) is 149 Å². The largest absolute Gasteiger partial charge is 0.480 e. The van der Waals surface area contributed by atoms with Gasteiger partial charge in [-0.15, -0.1) is 0 Å². The SMILES string of the molecule is CC(=C/C(=N)N(C)C1=CC=C(c2cnn(CC34CC5CC(CC(C5)C3)C4)c2C)C(=C(O)O)N1)/C(N)=N/c1nc2ccccc2s1. The Bertz CT molecular complexity index is 1770. The third-order valence-electron chi connectivity index (χ3n) is 10.2. The van der Waals surface area contributed by atoms with Gasteiger partial charge >= 0.3 is 0 Å². The van der Waals surface area contributed by atoms with Crippen molar-refractivity contribution >= 4 is 43.9 Å². The van der Waals surface area contributed by atoms with Crippen LogP contribution in [0, 0.1) is 35.5 Å². The van der Waals surface area contributed by atoms with Gasteiger partial charge in [-0.1, -0.05) is 23.5 Å². The third kappa shape index (κ3) is 5.54. The number of aliphatic imine (C=N–C) groups is 1. The summed E-state index contributed by atoms with van der Waals surface area (Å²) >= 11 is 1.45. The van der Waals surface area contributed by atoms with Gasteiger partial charge in [0.05, 0.1) is 16.4 Å². The van der Waals surface area contributed by atoms with Crippen LogP contribution in [0.2, 0.25) is 0 Å². The van der Waals surface area contributed by atoms with E-state index >= 15 is 0 Å². The molecule has 4 aliphatic carbocycles. The van der Waals surface area contributed by atoms with E-state index in [0.29, 0.717) is 27.5 Å². The number of thiazole rings is 1. The van der Waals surface area contributed by atoms with Gasteiger partial charge in [0, 0.05) is 30.4 Å². The first-order chi connectivity index (χ1) is 21.6. The number of dihydropyridines is 1. The molecule has 8 rings (SSSR count). The van der Waals surface area contributed by atoms with Crippen LogP contribution in [0.3, 0.4) is 0 Å². The molecular weight excluding hydrogens is 584 g/mol. The highest BCUT2D eigenvalue weighted by atomic mass is 32.1. The first-order valence-electron chi connectivity index (χ1n) is 15.6. The van der Waals surface area contributed by atoms with Gasteiger partial charge in [0.15, 0.2) is 0 Å². The van der Waals surface area contributed by atoms with Crippen molar-refractivity contribution in [2.24, 2.45) is 33.9 Å². The van der Waals surface area contributed by atoms with Crippen molar-refractivity contribution in [1.29, 1.82) is 5.41 Å². The van der Waals surface area contributed by atoms with Crippen molar-refractivity contribution < 1.29 is 10.2 Å². The third-order valence-corrected chi connectivity index (χ3v) is 11.1. The Morgan fingerprint density at radius 2 is 1.87 bits per heavy atom. The number of hydrogen-bond acceptors (Lipinski definition) is 8. The smallest absolute Gasteiger partial charge is 0.299 e. The van der Waals surface area contributed by atoms with E-state index in [0.717, 1.165) is 45.8 Å². The van der Waals surface area contributed by atoms with Crippen molar-refractivity contribution in [1.82, 2.24) is 25.0 Å². The molecule has 4 saturated carbocycles. The number of aliphatic hydroxyl groups is 2. The predicted molar refractivity (Wildman–Crippen MR) is 179 cm³/mol. The summed E-state index contributed by atoms with van der Waals surface area (Å²) in [7, 11) is 1.73. The van der Waals surface area contributed by atoms with E-state index < -0.39 is 5.95 Å². The second-order valence-electron chi connectivity index (χ2n) is 13.4. The number of aliphatic hydroxyl groups excluding tert-OH is 1. The van der Waals surface area contributed by atoms with Crippen molar-refractivity contribution in [2.45, 2.75) is 58.9 Å². The number of fused-ring (bicyclic) bond motifs is 1. The van der Waals surface area contributed by atoms with Crippen LogP contribution in [0.1, 0.15) is 56.7 Å². The summed E-state index contributed by atoms with van der Waals surface area (Å²) in [6.07, 6.45) is 15.3. The van der Waals surface area contributed by atoms with Gasteiger partial charge in [0.2, 0.25) is 5.13 Å². The Kier molecular flexibility index (Phi) is 7.31. The van der Waals surface area contributed by atoms with Gasteiger partial charge in [-0.3, -0.25) is 10.1 Å². The lowest BCUT2D eigenvalue weighted by Gasteiger charge is -2.56. The molecule has 0 atom stereocenters. The number of nitrogens with two attached hydrogens (primary N) is 1. The molecular formula is C34H40N8O2S. The van der Waals surface area contributed by atoms with Gasteiger partial charge in [-0.05, 0) is 111 Å². The normalized spacial score (nSPS) is 26.1. The van der Waals surface area contributed by atoms with Gasteiger partial charge < -0.3 is 26.2 Å². The summed E-state index contributed by atoms with van der Waals surface area (Å²) in [5.74, 6) is 2.72. The quantitative estimate of drug-likeness (QED) is 0.112. The zero-order valence-electron chi connectivity index (χ0n) is 25.9. The summed E-state index contributed by atoms with van der Waals surface area (Å²) in [5.41, 5.74) is 10.8. The minimum absolute atomic E-state index is 0.141. The highest BCUT2D eigenvalue weighted by molar-refractivity contribution is 7.22. The van der Waals surface area contributed by atoms with E-state index in [1.165, 1.54) is 49.9 Å². The van der Waals surface area contributed by atoms with E-state index in [4.69, 9.17) is 16.2 Å². The fraction of sp³-hybridized carbons (Fsp3) is 0.412. The second-order valence-corrected chi connectivity index (χ2v) is 14.4. The first-order valence-corrected chi connectivity index (χ1v) is 16.4. The maximum atomic E-state index is 10.3. The van der Waals surface area contributed by atoms with Crippen LogP contribution >= 0.6 is 11.3 Å². The summed E-state index contributed by atoms with van der Waals surface area (Å²) in [5, 5.41) is 37.8. The molecule has 0 radical (unpaired) electrons. The molecule has 234 valence electrons. The van der Waals surface area contributed by atoms with Crippen molar-refractivity contribution in [2.75, 3.05) is 7.05 Å². The van der Waals surface area contributed by atoms with Crippen LogP contribution < -0.4 is 11.1 Å². The minimum Gasteiger partial charge on any atom is -0.480 e. The number of rotatable bonds is 7. The standard InChI is InChI=1S/C34H40N8O2S/c1-19(31(36)40-33-38-26-6-4-5-7-27(26)45-33)10-28(35)41(3)29-9-8-24(30(39-29)32(43)44)25-17-37-42(20(25)2)18-34-14-21-11-22(15-34)13-23(12-21)16-34/h4-10,17,21-23,35,39,43-44H,11-16,18H2,1-3H3,(H2,36,38,40)/b19-10-,35-28?. The molecule has 3 heterocycles. The number of allylic oxidation sites excluding steroid dienone is 3. The van der Waals surface area contributed by atoms with E-state index in [1.807, 2.05) is 42.6 Å².